The Labute approximate surface area is 173 Å². The number of hydrogen-bond donors (Lipinski definition) is 1. The zero-order valence-corrected chi connectivity index (χ0v) is 17.0. The summed E-state index contributed by atoms with van der Waals surface area (Å²) >= 11 is 1.43. The summed E-state index contributed by atoms with van der Waals surface area (Å²) in [5.41, 5.74) is 2.87. The Morgan fingerprint density at radius 2 is 1.72 bits per heavy atom. The van der Waals surface area contributed by atoms with Gasteiger partial charge in [-0.3, -0.25) is 9.59 Å². The number of imide groups is 1. The Hall–Kier alpha value is -3.38. The average molecular weight is 404 g/mol. The van der Waals surface area contributed by atoms with Crippen LogP contribution in [0.3, 0.4) is 0 Å². The highest BCUT2D eigenvalue weighted by Crippen LogP contribution is 2.39. The molecule has 0 spiro atoms. The topological polar surface area (TPSA) is 58.6 Å². The molecule has 5 nitrogen and oxygen atoms in total. The van der Waals surface area contributed by atoms with Crippen molar-refractivity contribution in [2.24, 2.45) is 0 Å². The van der Waals surface area contributed by atoms with Crippen LogP contribution in [-0.2, 0) is 9.59 Å². The second-order valence-corrected chi connectivity index (χ2v) is 7.46. The predicted molar refractivity (Wildman–Crippen MR) is 116 cm³/mol. The third-order valence-corrected chi connectivity index (χ3v) is 5.55. The van der Waals surface area contributed by atoms with Crippen LogP contribution >= 0.6 is 11.3 Å². The average Bonchev–Trinajstić information content (AvgIpc) is 3.32. The van der Waals surface area contributed by atoms with Gasteiger partial charge in [0, 0.05) is 10.6 Å². The fourth-order valence-electron chi connectivity index (χ4n) is 3.28. The van der Waals surface area contributed by atoms with E-state index in [4.69, 9.17) is 4.74 Å². The maximum atomic E-state index is 13.4. The molecule has 146 valence electrons. The molecule has 0 aliphatic carbocycles. The van der Waals surface area contributed by atoms with Crippen LogP contribution in [0.15, 0.2) is 71.7 Å². The lowest BCUT2D eigenvalue weighted by molar-refractivity contribution is -0.120. The molecule has 2 amide bonds. The first-order chi connectivity index (χ1) is 14.1. The molecule has 0 bridgehead atoms. The Kier molecular flexibility index (Phi) is 5.18. The molecule has 3 aromatic rings. The van der Waals surface area contributed by atoms with Crippen molar-refractivity contribution in [1.29, 1.82) is 0 Å². The summed E-state index contributed by atoms with van der Waals surface area (Å²) in [6.07, 6.45) is 0. The molecule has 0 atom stereocenters. The van der Waals surface area contributed by atoms with Gasteiger partial charge in [0.2, 0.25) is 0 Å². The van der Waals surface area contributed by atoms with E-state index in [1.165, 1.54) is 16.2 Å². The summed E-state index contributed by atoms with van der Waals surface area (Å²) in [6.45, 7) is 4.26. The van der Waals surface area contributed by atoms with E-state index in [-0.39, 0.29) is 11.6 Å². The number of benzene rings is 2. The van der Waals surface area contributed by atoms with Crippen LogP contribution in [0.25, 0.3) is 5.57 Å². The molecule has 2 heterocycles. The maximum absolute atomic E-state index is 13.4. The second-order valence-electron chi connectivity index (χ2n) is 6.51. The van der Waals surface area contributed by atoms with Gasteiger partial charge in [-0.05, 0) is 49.1 Å². The number of aryl methyl sites for hydroxylation is 1. The highest BCUT2D eigenvalue weighted by molar-refractivity contribution is 7.11. The quantitative estimate of drug-likeness (QED) is 0.597. The molecule has 2 aromatic carbocycles. The third-order valence-electron chi connectivity index (χ3n) is 4.66. The van der Waals surface area contributed by atoms with Crippen LogP contribution in [0.5, 0.6) is 5.75 Å². The van der Waals surface area contributed by atoms with Gasteiger partial charge in [-0.2, -0.15) is 0 Å². The van der Waals surface area contributed by atoms with Crippen molar-refractivity contribution in [1.82, 2.24) is 0 Å². The van der Waals surface area contributed by atoms with Gasteiger partial charge in [0.1, 0.15) is 11.4 Å². The van der Waals surface area contributed by atoms with Crippen molar-refractivity contribution >= 4 is 40.1 Å². The molecule has 1 N–H and O–H groups in total. The molecule has 0 fully saturated rings. The number of thiophene rings is 1. The summed E-state index contributed by atoms with van der Waals surface area (Å²) in [6, 6.07) is 18.5. The number of nitrogens with one attached hydrogen (secondary N) is 1. The summed E-state index contributed by atoms with van der Waals surface area (Å²) in [5, 5.41) is 5.10. The van der Waals surface area contributed by atoms with E-state index in [9.17, 15) is 9.59 Å². The fraction of sp³-hybridized carbons (Fsp3) is 0.130. The third kappa shape index (κ3) is 3.43. The molecule has 29 heavy (non-hydrogen) atoms. The van der Waals surface area contributed by atoms with Crippen LogP contribution < -0.4 is 15.0 Å². The molecule has 0 saturated heterocycles. The number of carbonyl (C=O) groups excluding carboxylic acids is 2. The van der Waals surface area contributed by atoms with E-state index in [1.54, 1.807) is 18.2 Å². The van der Waals surface area contributed by atoms with Gasteiger partial charge in [-0.1, -0.05) is 36.4 Å². The second kappa shape index (κ2) is 7.93. The predicted octanol–water partition coefficient (Wildman–Crippen LogP) is 4.85. The lowest BCUT2D eigenvalue weighted by atomic mass is 10.1. The van der Waals surface area contributed by atoms with E-state index < -0.39 is 5.91 Å². The maximum Gasteiger partial charge on any atom is 0.282 e. The molecule has 0 saturated carbocycles. The van der Waals surface area contributed by atoms with Gasteiger partial charge >= 0.3 is 0 Å². The monoisotopic (exact) mass is 404 g/mol. The van der Waals surface area contributed by atoms with Crippen molar-refractivity contribution in [3.63, 3.8) is 0 Å². The Morgan fingerprint density at radius 3 is 2.45 bits per heavy atom. The number of amides is 2. The summed E-state index contributed by atoms with van der Waals surface area (Å²) in [4.78, 5) is 28.8. The first kappa shape index (κ1) is 19.0. The van der Waals surface area contributed by atoms with Crippen LogP contribution in [0.1, 0.15) is 17.4 Å². The van der Waals surface area contributed by atoms with Gasteiger partial charge in [0.15, 0.2) is 0 Å². The van der Waals surface area contributed by atoms with E-state index in [2.05, 4.69) is 5.32 Å². The largest absolute Gasteiger partial charge is 0.492 e. The van der Waals surface area contributed by atoms with Crippen LogP contribution in [0, 0.1) is 6.92 Å². The Balaban J connectivity index is 1.82. The van der Waals surface area contributed by atoms with Crippen molar-refractivity contribution in [3.05, 3.63) is 82.2 Å². The Morgan fingerprint density at radius 1 is 0.966 bits per heavy atom. The lowest BCUT2D eigenvalue weighted by Gasteiger charge is -2.19. The van der Waals surface area contributed by atoms with E-state index in [0.29, 0.717) is 23.6 Å². The SMILES string of the molecule is CCOc1ccccc1N1C(=O)C(Nc2ccccc2C)=C(c2cccs2)C1=O. The van der Waals surface area contributed by atoms with Gasteiger partial charge in [0.05, 0.1) is 17.9 Å². The molecule has 1 aliphatic heterocycles. The van der Waals surface area contributed by atoms with E-state index in [1.807, 2.05) is 61.7 Å². The minimum absolute atomic E-state index is 0.276. The number of para-hydroxylation sites is 3. The zero-order valence-electron chi connectivity index (χ0n) is 16.1. The lowest BCUT2D eigenvalue weighted by Crippen LogP contribution is -2.32. The molecule has 0 radical (unpaired) electrons. The van der Waals surface area contributed by atoms with Gasteiger partial charge in [0.25, 0.3) is 11.8 Å². The number of anilines is 2. The van der Waals surface area contributed by atoms with Gasteiger partial charge in [-0.15, -0.1) is 11.3 Å². The number of ether oxygens (including phenoxy) is 1. The van der Waals surface area contributed by atoms with Crippen molar-refractivity contribution < 1.29 is 14.3 Å². The fourth-order valence-corrected chi connectivity index (χ4v) is 4.05. The summed E-state index contributed by atoms with van der Waals surface area (Å²) in [7, 11) is 0. The molecule has 1 aromatic heterocycles. The first-order valence-electron chi connectivity index (χ1n) is 9.33. The Bertz CT molecular complexity index is 1100. The molecular weight excluding hydrogens is 384 g/mol. The van der Waals surface area contributed by atoms with E-state index >= 15 is 0 Å². The van der Waals surface area contributed by atoms with E-state index in [0.717, 1.165) is 16.1 Å². The molecule has 0 unspecified atom stereocenters. The minimum atomic E-state index is -0.395. The standard InChI is InChI=1S/C23H20N2O3S/c1-3-28-18-12-7-6-11-17(18)25-22(26)20(19-13-8-14-29-19)21(23(25)27)24-16-10-5-4-9-15(16)2/h4-14,24H,3H2,1-2H3. The van der Waals surface area contributed by atoms with Gasteiger partial charge in [-0.25, -0.2) is 4.90 Å². The highest BCUT2D eigenvalue weighted by Gasteiger charge is 2.41. The number of carbonyl (C=O) groups is 2. The van der Waals surface area contributed by atoms with Crippen LogP contribution in [0.2, 0.25) is 0 Å². The molecule has 6 heteroatoms. The van der Waals surface area contributed by atoms with Crippen molar-refractivity contribution in [2.45, 2.75) is 13.8 Å². The summed E-state index contributed by atoms with van der Waals surface area (Å²) < 4.78 is 5.66. The van der Waals surface area contributed by atoms with Crippen molar-refractivity contribution in [2.75, 3.05) is 16.8 Å². The number of hydrogen-bond acceptors (Lipinski definition) is 5. The van der Waals surface area contributed by atoms with Gasteiger partial charge < -0.3 is 10.1 Å². The summed E-state index contributed by atoms with van der Waals surface area (Å²) in [5.74, 6) is -0.256. The molecule has 4 rings (SSSR count). The highest BCUT2D eigenvalue weighted by atomic mass is 32.1. The zero-order chi connectivity index (χ0) is 20.4. The minimum Gasteiger partial charge on any atom is -0.492 e. The first-order valence-corrected chi connectivity index (χ1v) is 10.2. The molecular formula is C23H20N2O3S. The van der Waals surface area contributed by atoms with Crippen LogP contribution in [-0.4, -0.2) is 18.4 Å². The molecule has 1 aliphatic rings. The van der Waals surface area contributed by atoms with Crippen LogP contribution in [0.4, 0.5) is 11.4 Å². The van der Waals surface area contributed by atoms with Crippen molar-refractivity contribution in [3.8, 4) is 5.75 Å². The smallest absolute Gasteiger partial charge is 0.282 e. The number of rotatable bonds is 6. The normalized spacial score (nSPS) is 13.9. The number of nitrogens with zero attached hydrogens (tertiary/aromatic N) is 1.